The van der Waals surface area contributed by atoms with Crippen molar-refractivity contribution in [3.63, 3.8) is 0 Å². The molecule has 0 atom stereocenters. The van der Waals surface area contributed by atoms with E-state index in [1.165, 1.54) is 28.6 Å². The summed E-state index contributed by atoms with van der Waals surface area (Å²) in [5.41, 5.74) is 0. The highest BCUT2D eigenvalue weighted by Gasteiger charge is 2.30. The Kier molecular flexibility index (Phi) is 5.63. The highest BCUT2D eigenvalue weighted by atomic mass is 32.2. The fraction of sp³-hybridized carbons (Fsp3) is 0.500. The fourth-order valence-electron chi connectivity index (χ4n) is 2.47. The summed E-state index contributed by atoms with van der Waals surface area (Å²) in [6.45, 7) is 4.36. The van der Waals surface area contributed by atoms with Crippen LogP contribution in [0.25, 0.3) is 0 Å². The summed E-state index contributed by atoms with van der Waals surface area (Å²) < 4.78 is 52.3. The first-order valence-corrected chi connectivity index (χ1v) is 10.5. The van der Waals surface area contributed by atoms with Crippen molar-refractivity contribution in [2.75, 3.05) is 32.7 Å². The molecule has 0 saturated carbocycles. The summed E-state index contributed by atoms with van der Waals surface area (Å²) >= 11 is 0. The van der Waals surface area contributed by atoms with Crippen LogP contribution in [0.1, 0.15) is 13.8 Å². The van der Waals surface area contributed by atoms with E-state index < -0.39 is 20.0 Å². The van der Waals surface area contributed by atoms with Crippen molar-refractivity contribution in [2.45, 2.75) is 23.6 Å². The third-order valence-electron chi connectivity index (χ3n) is 3.81. The van der Waals surface area contributed by atoms with Gasteiger partial charge in [-0.2, -0.15) is 8.61 Å². The van der Waals surface area contributed by atoms with Gasteiger partial charge < -0.3 is 5.32 Å². The average Bonchev–Trinajstić information content (AvgIpc) is 2.56. The normalized spacial score (nSPS) is 17.0. The third-order valence-corrected chi connectivity index (χ3v) is 7.73. The second kappa shape index (κ2) is 7.18. The van der Waals surface area contributed by atoms with Crippen LogP contribution in [0.2, 0.25) is 0 Å². The number of hydrogen-bond donors (Lipinski definition) is 1. The van der Waals surface area contributed by atoms with E-state index in [2.05, 4.69) is 5.32 Å². The zero-order chi connectivity index (χ0) is 18.0. The van der Waals surface area contributed by atoms with Gasteiger partial charge in [0.2, 0.25) is 26.0 Å². The molecule has 0 bridgehead atoms. The van der Waals surface area contributed by atoms with E-state index >= 15 is 0 Å². The molecule has 1 aromatic rings. The first-order chi connectivity index (χ1) is 11.2. The van der Waals surface area contributed by atoms with Gasteiger partial charge in [-0.05, 0) is 24.3 Å². The molecule has 1 amide bonds. The molecule has 0 aliphatic carbocycles. The standard InChI is InChI=1S/C14H21N3O5S2/c1-3-16(4-2)23(19,20)12-5-7-13(8-6-12)24(21,22)17-10-9-15-14(18)11-17/h5-8H,3-4,9-11H2,1-2H3,(H,15,18). The summed E-state index contributed by atoms with van der Waals surface area (Å²) in [6.07, 6.45) is 0. The molecule has 8 nitrogen and oxygen atoms in total. The van der Waals surface area contributed by atoms with Gasteiger partial charge in [0.1, 0.15) is 0 Å². The minimum atomic E-state index is -3.82. The molecule has 1 aromatic carbocycles. The maximum absolute atomic E-state index is 12.5. The molecule has 1 aliphatic heterocycles. The van der Waals surface area contributed by atoms with Crippen LogP contribution in [0, 0.1) is 0 Å². The van der Waals surface area contributed by atoms with Crippen LogP contribution in [0.15, 0.2) is 34.1 Å². The van der Waals surface area contributed by atoms with Gasteiger partial charge in [0.05, 0.1) is 16.3 Å². The van der Waals surface area contributed by atoms with E-state index in [1.807, 2.05) is 0 Å². The van der Waals surface area contributed by atoms with Gasteiger partial charge in [0, 0.05) is 26.2 Å². The van der Waals surface area contributed by atoms with E-state index in [1.54, 1.807) is 13.8 Å². The molecule has 1 fully saturated rings. The highest BCUT2D eigenvalue weighted by Crippen LogP contribution is 2.21. The zero-order valence-electron chi connectivity index (χ0n) is 13.6. The molecule has 10 heteroatoms. The Morgan fingerprint density at radius 3 is 2.08 bits per heavy atom. The predicted octanol–water partition coefficient (Wildman–Crippen LogP) is -0.162. The van der Waals surface area contributed by atoms with E-state index in [-0.39, 0.29) is 35.3 Å². The summed E-state index contributed by atoms with van der Waals surface area (Å²) in [7, 11) is -7.46. The minimum Gasteiger partial charge on any atom is -0.354 e. The van der Waals surface area contributed by atoms with Gasteiger partial charge in [0.15, 0.2) is 0 Å². The Morgan fingerprint density at radius 1 is 1.04 bits per heavy atom. The van der Waals surface area contributed by atoms with Gasteiger partial charge in [-0.25, -0.2) is 16.8 Å². The lowest BCUT2D eigenvalue weighted by Gasteiger charge is -2.26. The Morgan fingerprint density at radius 2 is 1.58 bits per heavy atom. The molecule has 24 heavy (non-hydrogen) atoms. The maximum atomic E-state index is 12.5. The molecule has 134 valence electrons. The second-order valence-corrected chi connectivity index (χ2v) is 9.13. The molecule has 0 aromatic heterocycles. The lowest BCUT2D eigenvalue weighted by atomic mass is 10.4. The number of sulfonamides is 2. The number of amides is 1. The summed E-state index contributed by atoms with van der Waals surface area (Å²) in [5.74, 6) is -0.356. The number of nitrogens with zero attached hydrogens (tertiary/aromatic N) is 2. The first kappa shape index (κ1) is 18.8. The van der Waals surface area contributed by atoms with E-state index in [4.69, 9.17) is 0 Å². The van der Waals surface area contributed by atoms with Gasteiger partial charge in [-0.1, -0.05) is 13.8 Å². The molecular formula is C14H21N3O5S2. The van der Waals surface area contributed by atoms with Crippen LogP contribution in [-0.4, -0.2) is 64.1 Å². The number of benzene rings is 1. The topological polar surface area (TPSA) is 104 Å². The van der Waals surface area contributed by atoms with Crippen molar-refractivity contribution in [1.29, 1.82) is 0 Å². The molecule has 0 unspecified atom stereocenters. The fourth-order valence-corrected chi connectivity index (χ4v) is 5.32. The maximum Gasteiger partial charge on any atom is 0.243 e. The van der Waals surface area contributed by atoms with Gasteiger partial charge in [-0.3, -0.25) is 4.79 Å². The van der Waals surface area contributed by atoms with Gasteiger partial charge in [0.25, 0.3) is 0 Å². The monoisotopic (exact) mass is 375 g/mol. The van der Waals surface area contributed by atoms with Crippen molar-refractivity contribution in [3.8, 4) is 0 Å². The SMILES string of the molecule is CCN(CC)S(=O)(=O)c1ccc(S(=O)(=O)N2CCNC(=O)C2)cc1. The quantitative estimate of drug-likeness (QED) is 0.744. The van der Waals surface area contributed by atoms with Crippen LogP contribution in [0.3, 0.4) is 0 Å². The second-order valence-electron chi connectivity index (χ2n) is 5.25. The minimum absolute atomic E-state index is 0.0318. The molecule has 2 rings (SSSR count). The lowest BCUT2D eigenvalue weighted by Crippen LogP contribution is -2.49. The average molecular weight is 375 g/mol. The van der Waals surface area contributed by atoms with Crippen LogP contribution in [0.5, 0.6) is 0 Å². The molecule has 1 aliphatic rings. The van der Waals surface area contributed by atoms with Gasteiger partial charge >= 0.3 is 0 Å². The predicted molar refractivity (Wildman–Crippen MR) is 88.3 cm³/mol. The number of rotatable bonds is 6. The summed E-state index contributed by atoms with van der Waals surface area (Å²) in [4.78, 5) is 11.4. The molecule has 1 saturated heterocycles. The first-order valence-electron chi connectivity index (χ1n) is 7.60. The molecule has 1 N–H and O–H groups in total. The van der Waals surface area contributed by atoms with E-state index in [0.29, 0.717) is 13.1 Å². The van der Waals surface area contributed by atoms with Crippen molar-refractivity contribution in [3.05, 3.63) is 24.3 Å². The van der Waals surface area contributed by atoms with Crippen LogP contribution in [0.4, 0.5) is 0 Å². The van der Waals surface area contributed by atoms with Crippen molar-refractivity contribution < 1.29 is 21.6 Å². The summed E-state index contributed by atoms with van der Waals surface area (Å²) in [6, 6.07) is 5.09. The van der Waals surface area contributed by atoms with Crippen molar-refractivity contribution in [1.82, 2.24) is 13.9 Å². The molecule has 1 heterocycles. The van der Waals surface area contributed by atoms with E-state index in [9.17, 15) is 21.6 Å². The van der Waals surface area contributed by atoms with Crippen molar-refractivity contribution >= 4 is 26.0 Å². The Hall–Kier alpha value is -1.49. The number of nitrogens with one attached hydrogen (secondary N) is 1. The lowest BCUT2D eigenvalue weighted by molar-refractivity contribution is -0.122. The Bertz CT molecular complexity index is 799. The third kappa shape index (κ3) is 3.61. The largest absolute Gasteiger partial charge is 0.354 e. The van der Waals surface area contributed by atoms with Crippen molar-refractivity contribution in [2.24, 2.45) is 0 Å². The van der Waals surface area contributed by atoms with Crippen LogP contribution in [-0.2, 0) is 24.8 Å². The number of piperazine rings is 1. The molecule has 0 radical (unpaired) electrons. The number of carbonyl (C=O) groups excluding carboxylic acids is 1. The molecular weight excluding hydrogens is 354 g/mol. The Balaban J connectivity index is 2.30. The summed E-state index contributed by atoms with van der Waals surface area (Å²) in [5, 5.41) is 2.56. The molecule has 0 spiro atoms. The van der Waals surface area contributed by atoms with Crippen LogP contribution >= 0.6 is 0 Å². The number of hydrogen-bond acceptors (Lipinski definition) is 5. The zero-order valence-corrected chi connectivity index (χ0v) is 15.2. The highest BCUT2D eigenvalue weighted by molar-refractivity contribution is 7.89. The van der Waals surface area contributed by atoms with E-state index in [0.717, 1.165) is 4.31 Å². The smallest absolute Gasteiger partial charge is 0.243 e. The van der Waals surface area contributed by atoms with Crippen LogP contribution < -0.4 is 5.32 Å². The van der Waals surface area contributed by atoms with Gasteiger partial charge in [-0.15, -0.1) is 0 Å². The number of carbonyl (C=O) groups is 1. The Labute approximate surface area is 142 Å².